The van der Waals surface area contributed by atoms with Gasteiger partial charge in [0.15, 0.2) is 0 Å². The molecule has 1 N–H and O–H groups in total. The Morgan fingerprint density at radius 3 is 2.09 bits per heavy atom. The van der Waals surface area contributed by atoms with Crippen LogP contribution >= 0.6 is 0 Å². The van der Waals surface area contributed by atoms with Crippen molar-refractivity contribution < 1.29 is 18.0 Å². The fourth-order valence-electron chi connectivity index (χ4n) is 7.35. The number of hydrogen-bond donors (Lipinski definition) is 1. The van der Waals surface area contributed by atoms with Gasteiger partial charge in [-0.25, -0.2) is 8.42 Å². The zero-order valence-electron chi connectivity index (χ0n) is 20.5. The molecular formula is C26H37N3O4S. The van der Waals surface area contributed by atoms with Crippen molar-refractivity contribution >= 4 is 21.8 Å². The van der Waals surface area contributed by atoms with Crippen molar-refractivity contribution in [2.45, 2.75) is 70.2 Å². The second-order valence-corrected chi connectivity index (χ2v) is 13.3. The highest BCUT2D eigenvalue weighted by Crippen LogP contribution is 2.60. The maximum absolute atomic E-state index is 13.3. The molecule has 4 aliphatic carbocycles. The molecule has 1 aromatic rings. The zero-order valence-corrected chi connectivity index (χ0v) is 21.4. The molecule has 0 aromatic heterocycles. The summed E-state index contributed by atoms with van der Waals surface area (Å²) in [6.07, 6.45) is 6.74. The molecule has 4 bridgehead atoms. The molecule has 0 unspecified atom stereocenters. The lowest BCUT2D eigenvalue weighted by Crippen LogP contribution is -2.58. The number of nitrogens with zero attached hydrogens (tertiary/aromatic N) is 2. The Morgan fingerprint density at radius 1 is 0.971 bits per heavy atom. The van der Waals surface area contributed by atoms with Gasteiger partial charge in [-0.15, -0.1) is 0 Å². The van der Waals surface area contributed by atoms with E-state index < -0.39 is 16.1 Å². The average Bonchev–Trinajstić information content (AvgIpc) is 2.79. The summed E-state index contributed by atoms with van der Waals surface area (Å²) in [6, 6.07) is 4.85. The molecule has 1 aliphatic heterocycles. The maximum atomic E-state index is 13.3. The van der Waals surface area contributed by atoms with Crippen molar-refractivity contribution in [3.05, 3.63) is 29.3 Å². The van der Waals surface area contributed by atoms with Crippen molar-refractivity contribution in [3.63, 3.8) is 0 Å². The van der Waals surface area contributed by atoms with Gasteiger partial charge in [-0.2, -0.15) is 4.31 Å². The molecule has 6 rings (SSSR count). The van der Waals surface area contributed by atoms with Crippen molar-refractivity contribution in [1.82, 2.24) is 14.5 Å². The lowest BCUT2D eigenvalue weighted by atomic mass is 9.49. The van der Waals surface area contributed by atoms with Crippen molar-refractivity contribution in [1.29, 1.82) is 0 Å². The Kier molecular flexibility index (Phi) is 6.04. The van der Waals surface area contributed by atoms with Crippen molar-refractivity contribution in [3.8, 4) is 0 Å². The summed E-state index contributed by atoms with van der Waals surface area (Å²) in [5, 5.41) is 3.05. The van der Waals surface area contributed by atoms with Crippen LogP contribution in [0.1, 0.15) is 56.6 Å². The van der Waals surface area contributed by atoms with Gasteiger partial charge < -0.3 is 10.2 Å². The summed E-state index contributed by atoms with van der Waals surface area (Å²) >= 11 is 0. The number of rotatable bonds is 5. The third kappa shape index (κ3) is 4.17. The molecule has 34 heavy (non-hydrogen) atoms. The van der Waals surface area contributed by atoms with Gasteiger partial charge in [-0.1, -0.05) is 12.1 Å². The maximum Gasteiger partial charge on any atom is 0.244 e. The molecule has 7 nitrogen and oxygen atoms in total. The number of hydrogen-bond acceptors (Lipinski definition) is 4. The number of sulfonamides is 1. The summed E-state index contributed by atoms with van der Waals surface area (Å²) in [4.78, 5) is 28.5. The van der Waals surface area contributed by atoms with E-state index in [1.54, 1.807) is 24.8 Å². The Labute approximate surface area is 203 Å². The molecule has 5 aliphatic rings. The largest absolute Gasteiger partial charge is 0.344 e. The van der Waals surface area contributed by atoms with Gasteiger partial charge >= 0.3 is 0 Å². The lowest BCUT2D eigenvalue weighted by Gasteiger charge is -2.55. The normalized spacial score (nSPS) is 32.0. The van der Waals surface area contributed by atoms with E-state index in [1.165, 1.54) is 23.6 Å². The van der Waals surface area contributed by atoms with Gasteiger partial charge in [0, 0.05) is 31.6 Å². The number of carbonyl (C=O) groups is 2. The topological polar surface area (TPSA) is 86.8 Å². The molecule has 0 spiro atoms. The van der Waals surface area contributed by atoms with Gasteiger partial charge in [0.2, 0.25) is 21.8 Å². The number of amides is 2. The SMILES string of the molecule is Cc1ccc(C)c(S(=O)(=O)N2CCN(C(=O)[C@H](C)NC(=O)C34CC5CC(CC(C5)C3)C4)CC2)c1. The Morgan fingerprint density at radius 2 is 1.53 bits per heavy atom. The predicted octanol–water partition coefficient (Wildman–Crippen LogP) is 2.86. The zero-order chi connectivity index (χ0) is 24.3. The van der Waals surface area contributed by atoms with Crippen LogP contribution in [0.15, 0.2) is 23.1 Å². The van der Waals surface area contributed by atoms with Gasteiger partial charge in [0.05, 0.1) is 4.90 Å². The number of piperazine rings is 1. The van der Waals surface area contributed by atoms with Crippen LogP contribution < -0.4 is 5.32 Å². The first-order valence-corrected chi connectivity index (χ1v) is 14.2. The van der Waals surface area contributed by atoms with E-state index in [4.69, 9.17) is 0 Å². The highest BCUT2D eigenvalue weighted by atomic mass is 32.2. The molecule has 2 amide bonds. The van der Waals surface area contributed by atoms with Gasteiger partial charge in [-0.05, 0) is 94.2 Å². The van der Waals surface area contributed by atoms with Gasteiger partial charge in [0.25, 0.3) is 0 Å². The standard InChI is InChI=1S/C26H37N3O4S/c1-17-4-5-18(2)23(10-17)34(32,33)29-8-6-28(7-9-29)24(30)19(3)27-25(31)26-14-20-11-21(15-26)13-22(12-20)16-26/h4-5,10,19-22H,6-9,11-16H2,1-3H3,(H,27,31)/t19-,20?,21?,22?,26?/m0/s1. The van der Waals surface area contributed by atoms with Crippen LogP contribution in [0.2, 0.25) is 0 Å². The van der Waals surface area contributed by atoms with E-state index in [0.29, 0.717) is 35.7 Å². The minimum absolute atomic E-state index is 0.0589. The number of benzene rings is 1. The van der Waals surface area contributed by atoms with Gasteiger partial charge in [0.1, 0.15) is 6.04 Å². The van der Waals surface area contributed by atoms with E-state index in [2.05, 4.69) is 5.32 Å². The molecule has 1 aromatic carbocycles. The van der Waals surface area contributed by atoms with E-state index in [1.807, 2.05) is 19.1 Å². The molecular weight excluding hydrogens is 450 g/mol. The first-order chi connectivity index (χ1) is 16.1. The lowest BCUT2D eigenvalue weighted by molar-refractivity contribution is -0.149. The fraction of sp³-hybridized carbons (Fsp3) is 0.692. The summed E-state index contributed by atoms with van der Waals surface area (Å²) in [6.45, 7) is 6.64. The number of carbonyl (C=O) groups excluding carboxylic acids is 2. The van der Waals surface area contributed by atoms with Crippen LogP contribution in [0.4, 0.5) is 0 Å². The molecule has 186 valence electrons. The monoisotopic (exact) mass is 487 g/mol. The summed E-state index contributed by atoms with van der Waals surface area (Å²) in [5.41, 5.74) is 1.36. The average molecular weight is 488 g/mol. The fourth-order valence-corrected chi connectivity index (χ4v) is 9.08. The van der Waals surface area contributed by atoms with Crippen LogP contribution in [0.3, 0.4) is 0 Å². The quantitative estimate of drug-likeness (QED) is 0.692. The second-order valence-electron chi connectivity index (χ2n) is 11.4. The Bertz CT molecular complexity index is 1060. The minimum Gasteiger partial charge on any atom is -0.344 e. The van der Waals surface area contributed by atoms with Crippen LogP contribution in [0.25, 0.3) is 0 Å². The molecule has 1 atom stereocenters. The first kappa shape index (κ1) is 23.8. The summed E-state index contributed by atoms with van der Waals surface area (Å²) in [7, 11) is -3.60. The predicted molar refractivity (Wildman–Crippen MR) is 129 cm³/mol. The van der Waals surface area contributed by atoms with Crippen LogP contribution in [-0.4, -0.2) is 61.7 Å². The second kappa shape index (κ2) is 8.63. The molecule has 1 saturated heterocycles. The highest BCUT2D eigenvalue weighted by Gasteiger charge is 2.54. The Balaban J connectivity index is 1.19. The van der Waals surface area contributed by atoms with Crippen molar-refractivity contribution in [2.75, 3.05) is 26.2 Å². The van der Waals surface area contributed by atoms with E-state index in [9.17, 15) is 18.0 Å². The number of aryl methyl sites for hydroxylation is 2. The first-order valence-electron chi connectivity index (χ1n) is 12.7. The molecule has 1 heterocycles. The van der Waals surface area contributed by atoms with Crippen LogP contribution in [0, 0.1) is 37.0 Å². The van der Waals surface area contributed by atoms with Crippen molar-refractivity contribution in [2.24, 2.45) is 23.2 Å². The molecule has 0 radical (unpaired) electrons. The smallest absolute Gasteiger partial charge is 0.244 e. The summed E-state index contributed by atoms with van der Waals surface area (Å²) in [5.74, 6) is 1.96. The van der Waals surface area contributed by atoms with E-state index >= 15 is 0 Å². The minimum atomic E-state index is -3.60. The molecule has 8 heteroatoms. The summed E-state index contributed by atoms with van der Waals surface area (Å²) < 4.78 is 27.8. The third-order valence-electron chi connectivity index (χ3n) is 8.75. The van der Waals surface area contributed by atoms with Crippen LogP contribution in [0.5, 0.6) is 0 Å². The van der Waals surface area contributed by atoms with E-state index in [0.717, 1.165) is 30.4 Å². The molecule has 5 fully saturated rings. The third-order valence-corrected chi connectivity index (χ3v) is 10.8. The van der Waals surface area contributed by atoms with Crippen LogP contribution in [-0.2, 0) is 19.6 Å². The number of nitrogens with one attached hydrogen (secondary N) is 1. The Hall–Kier alpha value is -1.93. The highest BCUT2D eigenvalue weighted by molar-refractivity contribution is 7.89. The van der Waals surface area contributed by atoms with E-state index in [-0.39, 0.29) is 30.3 Å². The molecule has 4 saturated carbocycles. The van der Waals surface area contributed by atoms with Gasteiger partial charge in [-0.3, -0.25) is 9.59 Å².